The molecule has 26 heavy (non-hydrogen) atoms. The van der Waals surface area contributed by atoms with Gasteiger partial charge in [0.1, 0.15) is 11.6 Å². The zero-order valence-electron chi connectivity index (χ0n) is 13.8. The van der Waals surface area contributed by atoms with Gasteiger partial charge < -0.3 is 10.1 Å². The van der Waals surface area contributed by atoms with Crippen LogP contribution in [0.15, 0.2) is 60.7 Å². The summed E-state index contributed by atoms with van der Waals surface area (Å²) < 4.78 is 31.5. The molecule has 4 nitrogen and oxygen atoms in total. The first-order chi connectivity index (χ1) is 12.5. The summed E-state index contributed by atoms with van der Waals surface area (Å²) in [5, 5.41) is 4.48. The van der Waals surface area contributed by atoms with Gasteiger partial charge in [0.05, 0.1) is 5.56 Å². The molecule has 0 aliphatic rings. The lowest BCUT2D eigenvalue weighted by Crippen LogP contribution is -2.30. The Kier molecular flexibility index (Phi) is 4.93. The zero-order chi connectivity index (χ0) is 18.7. The molecule has 0 radical (unpaired) electrons. The second kappa shape index (κ2) is 7.31. The van der Waals surface area contributed by atoms with Crippen LogP contribution in [-0.4, -0.2) is 18.0 Å². The molecule has 3 rings (SSSR count). The van der Waals surface area contributed by atoms with Crippen LogP contribution in [-0.2, 0) is 9.53 Å². The van der Waals surface area contributed by atoms with Crippen LogP contribution < -0.4 is 5.32 Å². The van der Waals surface area contributed by atoms with Crippen molar-refractivity contribution in [1.29, 1.82) is 0 Å². The number of nitrogens with one attached hydrogen (secondary N) is 1. The van der Waals surface area contributed by atoms with Crippen LogP contribution in [0.25, 0.3) is 10.8 Å². The molecule has 0 aromatic heterocycles. The number of hydrogen-bond donors (Lipinski definition) is 1. The van der Waals surface area contributed by atoms with E-state index in [4.69, 9.17) is 4.74 Å². The molecule has 1 amide bonds. The van der Waals surface area contributed by atoms with Crippen LogP contribution >= 0.6 is 0 Å². The molecule has 6 heteroatoms. The van der Waals surface area contributed by atoms with E-state index in [1.54, 1.807) is 12.1 Å². The molecule has 3 aromatic rings. The van der Waals surface area contributed by atoms with E-state index in [-0.39, 0.29) is 0 Å². The number of anilines is 1. The highest BCUT2D eigenvalue weighted by atomic mass is 19.1. The molecule has 3 aromatic carbocycles. The first-order valence-electron chi connectivity index (χ1n) is 7.90. The monoisotopic (exact) mass is 355 g/mol. The predicted octanol–water partition coefficient (Wildman–Crippen LogP) is 4.30. The van der Waals surface area contributed by atoms with Crippen molar-refractivity contribution in [3.05, 3.63) is 77.9 Å². The van der Waals surface area contributed by atoms with E-state index in [0.717, 1.165) is 22.9 Å². The Morgan fingerprint density at radius 2 is 1.73 bits per heavy atom. The molecular weight excluding hydrogens is 340 g/mol. The molecular formula is C20H15F2NO3. The molecule has 0 spiro atoms. The lowest BCUT2D eigenvalue weighted by atomic mass is 10.1. The van der Waals surface area contributed by atoms with Crippen molar-refractivity contribution in [3.8, 4) is 0 Å². The van der Waals surface area contributed by atoms with Gasteiger partial charge in [0.25, 0.3) is 5.91 Å². The van der Waals surface area contributed by atoms with E-state index in [1.165, 1.54) is 6.92 Å². The third kappa shape index (κ3) is 3.69. The van der Waals surface area contributed by atoms with Crippen LogP contribution in [0, 0.1) is 11.6 Å². The van der Waals surface area contributed by atoms with Crippen molar-refractivity contribution in [1.82, 2.24) is 0 Å². The molecule has 0 aliphatic heterocycles. The Morgan fingerprint density at radius 3 is 2.50 bits per heavy atom. The normalized spacial score (nSPS) is 11.8. The topological polar surface area (TPSA) is 55.4 Å². The molecule has 0 fully saturated rings. The fourth-order valence-electron chi connectivity index (χ4n) is 2.50. The number of rotatable bonds is 4. The molecule has 1 N–H and O–H groups in total. The summed E-state index contributed by atoms with van der Waals surface area (Å²) in [5.41, 5.74) is 0.139. The summed E-state index contributed by atoms with van der Waals surface area (Å²) in [7, 11) is 0. The molecule has 0 aliphatic carbocycles. The second-order valence-electron chi connectivity index (χ2n) is 5.69. The zero-order valence-corrected chi connectivity index (χ0v) is 13.8. The summed E-state index contributed by atoms with van der Waals surface area (Å²) in [6.07, 6.45) is -1.16. The van der Waals surface area contributed by atoms with Crippen molar-refractivity contribution >= 4 is 28.3 Å². The SMILES string of the molecule is C[C@@H](OC(=O)c1ccc(F)cc1F)C(=O)Nc1cccc2ccccc12. The largest absolute Gasteiger partial charge is 0.449 e. The lowest BCUT2D eigenvalue weighted by Gasteiger charge is -2.15. The van der Waals surface area contributed by atoms with Crippen molar-refractivity contribution in [2.24, 2.45) is 0 Å². The number of fused-ring (bicyclic) bond motifs is 1. The Morgan fingerprint density at radius 1 is 1.00 bits per heavy atom. The number of halogens is 2. The summed E-state index contributed by atoms with van der Waals surface area (Å²) in [6.45, 7) is 1.37. The van der Waals surface area contributed by atoms with Gasteiger partial charge in [-0.15, -0.1) is 0 Å². The smallest absolute Gasteiger partial charge is 0.341 e. The van der Waals surface area contributed by atoms with Gasteiger partial charge in [0.2, 0.25) is 0 Å². The van der Waals surface area contributed by atoms with E-state index in [2.05, 4.69) is 5.32 Å². The number of esters is 1. The molecule has 132 valence electrons. The number of benzene rings is 3. The van der Waals surface area contributed by atoms with Gasteiger partial charge in [-0.3, -0.25) is 4.79 Å². The third-order valence-corrected chi connectivity index (χ3v) is 3.85. The summed E-state index contributed by atoms with van der Waals surface area (Å²) >= 11 is 0. The molecule has 1 atom stereocenters. The molecule has 0 saturated carbocycles. The molecule has 0 unspecified atom stereocenters. The van der Waals surface area contributed by atoms with Crippen molar-refractivity contribution in [2.45, 2.75) is 13.0 Å². The first-order valence-corrected chi connectivity index (χ1v) is 7.90. The maximum Gasteiger partial charge on any atom is 0.341 e. The van der Waals surface area contributed by atoms with Crippen LogP contribution in [0.1, 0.15) is 17.3 Å². The number of hydrogen-bond acceptors (Lipinski definition) is 3. The second-order valence-corrected chi connectivity index (χ2v) is 5.69. The number of carbonyl (C=O) groups excluding carboxylic acids is 2. The lowest BCUT2D eigenvalue weighted by molar-refractivity contribution is -0.123. The van der Waals surface area contributed by atoms with Gasteiger partial charge in [0, 0.05) is 17.1 Å². The highest BCUT2D eigenvalue weighted by Crippen LogP contribution is 2.23. The summed E-state index contributed by atoms with van der Waals surface area (Å²) in [6, 6.07) is 15.4. The Bertz CT molecular complexity index is 982. The van der Waals surface area contributed by atoms with Crippen molar-refractivity contribution < 1.29 is 23.1 Å². The van der Waals surface area contributed by atoms with Gasteiger partial charge in [0.15, 0.2) is 6.10 Å². The minimum Gasteiger partial charge on any atom is -0.449 e. The van der Waals surface area contributed by atoms with Gasteiger partial charge in [-0.05, 0) is 30.5 Å². The standard InChI is InChI=1S/C20H15F2NO3/c1-12(26-20(25)16-10-9-14(21)11-17(16)22)19(24)23-18-8-4-6-13-5-2-3-7-15(13)18/h2-12H,1H3,(H,23,24)/t12-/m1/s1. The van der Waals surface area contributed by atoms with E-state index in [1.807, 2.05) is 30.3 Å². The molecule has 0 heterocycles. The van der Waals surface area contributed by atoms with Crippen molar-refractivity contribution in [2.75, 3.05) is 5.32 Å². The fourth-order valence-corrected chi connectivity index (χ4v) is 2.50. The average molecular weight is 355 g/mol. The van der Waals surface area contributed by atoms with E-state index in [0.29, 0.717) is 11.8 Å². The van der Waals surface area contributed by atoms with Crippen LogP contribution in [0.5, 0.6) is 0 Å². The average Bonchev–Trinajstić information content (AvgIpc) is 2.61. The van der Waals surface area contributed by atoms with Gasteiger partial charge in [-0.25, -0.2) is 13.6 Å². The highest BCUT2D eigenvalue weighted by molar-refractivity contribution is 6.04. The molecule has 0 bridgehead atoms. The van der Waals surface area contributed by atoms with Crippen molar-refractivity contribution in [3.63, 3.8) is 0 Å². The minimum absolute atomic E-state index is 0.434. The molecule has 0 saturated heterocycles. The maximum absolute atomic E-state index is 13.6. The third-order valence-electron chi connectivity index (χ3n) is 3.85. The summed E-state index contributed by atoms with van der Waals surface area (Å²) in [5.74, 6) is -3.45. The highest BCUT2D eigenvalue weighted by Gasteiger charge is 2.22. The fraction of sp³-hybridized carbons (Fsp3) is 0.100. The van der Waals surface area contributed by atoms with Crippen LogP contribution in [0.2, 0.25) is 0 Å². The van der Waals surface area contributed by atoms with E-state index >= 15 is 0 Å². The maximum atomic E-state index is 13.6. The van der Waals surface area contributed by atoms with Gasteiger partial charge >= 0.3 is 5.97 Å². The first kappa shape index (κ1) is 17.5. The van der Waals surface area contributed by atoms with Crippen LogP contribution in [0.3, 0.4) is 0 Å². The number of amides is 1. The quantitative estimate of drug-likeness (QED) is 0.710. The van der Waals surface area contributed by atoms with Crippen LogP contribution in [0.4, 0.5) is 14.5 Å². The number of ether oxygens (including phenoxy) is 1. The van der Waals surface area contributed by atoms with Gasteiger partial charge in [-0.2, -0.15) is 0 Å². The Balaban J connectivity index is 1.72. The number of carbonyl (C=O) groups is 2. The predicted molar refractivity (Wildman–Crippen MR) is 93.8 cm³/mol. The van der Waals surface area contributed by atoms with Gasteiger partial charge in [-0.1, -0.05) is 36.4 Å². The van der Waals surface area contributed by atoms with E-state index < -0.39 is 35.2 Å². The van der Waals surface area contributed by atoms with E-state index in [9.17, 15) is 18.4 Å². The Labute approximate surface area is 148 Å². The summed E-state index contributed by atoms with van der Waals surface area (Å²) in [4.78, 5) is 24.3. The minimum atomic E-state index is -1.16. The Hall–Kier alpha value is -3.28.